The van der Waals surface area contributed by atoms with E-state index in [2.05, 4.69) is 36.7 Å². The van der Waals surface area contributed by atoms with Gasteiger partial charge in [0, 0.05) is 0 Å². The standard InChI is InChI=1S/C10H18N5O20P5.6H3N/c11-10-13-7-4(8(18)14-10)12-2-15(7)9-6(17)5(16)3(31-9)1-30-37(22,23)33-39(26,27)35-40(28,29)34-38(24,25)32-36(19,20)21;;;;;;/h2-3,5-6,9,16-17H,1H2,(H,22,23)(H,24,25)(H,26,27)(H,28,29)(H2,19,20,21)(H3,11,13,14,18);6*1H3/t3-,5-,6-,9-;;;;;;/m1....../s1. The molecular formula is C10H36N11O20P5. The Hall–Kier alpha value is -1.50. The number of hydrogen-bond donors (Lipinski definition) is 16. The number of aliphatic hydroxyl groups is 2. The zero-order valence-corrected chi connectivity index (χ0v) is 27.4. The summed E-state index contributed by atoms with van der Waals surface area (Å²) in [6.45, 7) is -1.18. The quantitative estimate of drug-likeness (QED) is 0.113. The minimum atomic E-state index is -6.28. The van der Waals surface area contributed by atoms with Crippen molar-refractivity contribution in [3.8, 4) is 0 Å². The number of nitrogen functional groups attached to an aromatic ring is 1. The van der Waals surface area contributed by atoms with Gasteiger partial charge in [-0.2, -0.15) is 22.2 Å². The van der Waals surface area contributed by atoms with Crippen molar-refractivity contribution in [3.05, 3.63) is 16.7 Å². The number of anilines is 1. The second kappa shape index (κ2) is 17.8. The number of fused-ring (bicyclic) bond motifs is 1. The maximum atomic E-state index is 12.1. The van der Waals surface area contributed by atoms with E-state index >= 15 is 0 Å². The molecule has 8 atom stereocenters. The molecule has 1 saturated heterocycles. The van der Waals surface area contributed by atoms with E-state index in [1.54, 1.807) is 0 Å². The van der Waals surface area contributed by atoms with Crippen LogP contribution in [0.5, 0.6) is 0 Å². The first-order chi connectivity index (χ1) is 18.0. The van der Waals surface area contributed by atoms with Crippen LogP contribution in [0.25, 0.3) is 11.2 Å². The Kier molecular flexibility index (Phi) is 19.8. The normalized spacial score (nSPS) is 24.3. The highest BCUT2D eigenvalue weighted by Crippen LogP contribution is 2.73. The van der Waals surface area contributed by atoms with Crippen LogP contribution in [0.2, 0.25) is 0 Å². The molecule has 46 heavy (non-hydrogen) atoms. The Morgan fingerprint density at radius 3 is 1.74 bits per heavy atom. The molecule has 0 bridgehead atoms. The van der Waals surface area contributed by atoms with Crippen molar-refractivity contribution in [2.24, 2.45) is 0 Å². The number of aliphatic hydroxyl groups excluding tert-OH is 2. The van der Waals surface area contributed by atoms with Gasteiger partial charge < -0.3 is 86.9 Å². The Morgan fingerprint density at radius 2 is 1.26 bits per heavy atom. The van der Waals surface area contributed by atoms with E-state index < -0.39 is 75.8 Å². The van der Waals surface area contributed by atoms with E-state index in [1.807, 2.05) is 0 Å². The van der Waals surface area contributed by atoms with E-state index in [4.69, 9.17) is 25.2 Å². The zero-order chi connectivity index (χ0) is 30.5. The van der Waals surface area contributed by atoms with E-state index in [9.17, 15) is 52.5 Å². The van der Waals surface area contributed by atoms with Gasteiger partial charge in [0.15, 0.2) is 17.4 Å². The lowest BCUT2D eigenvalue weighted by atomic mass is 10.1. The first-order valence-corrected chi connectivity index (χ1v) is 17.1. The summed E-state index contributed by atoms with van der Waals surface area (Å²) in [5, 5.41) is 20.6. The van der Waals surface area contributed by atoms with Crippen LogP contribution in [0.15, 0.2) is 11.1 Å². The fourth-order valence-corrected chi connectivity index (χ4v) is 8.88. The maximum absolute atomic E-state index is 12.1. The minimum absolute atomic E-state index is 0. The summed E-state index contributed by atoms with van der Waals surface area (Å²) in [7, 11) is -30.2. The van der Waals surface area contributed by atoms with Gasteiger partial charge in [-0.15, -0.1) is 0 Å². The van der Waals surface area contributed by atoms with Gasteiger partial charge in [0.05, 0.1) is 12.9 Å². The molecular weight excluding hydrogens is 749 g/mol. The van der Waals surface area contributed by atoms with Crippen LogP contribution in [0.4, 0.5) is 5.95 Å². The number of hydrogen-bond acceptors (Lipinski definition) is 23. The number of ether oxygens (including phenoxy) is 1. The number of phosphoric ester groups is 1. The average molecular weight is 785 g/mol. The molecule has 2 aromatic heterocycles. The molecule has 4 unspecified atom stereocenters. The highest BCUT2D eigenvalue weighted by molar-refractivity contribution is 7.71. The number of nitrogens with zero attached hydrogens (tertiary/aromatic N) is 3. The van der Waals surface area contributed by atoms with Gasteiger partial charge in [-0.1, -0.05) is 0 Å². The summed E-state index contributed by atoms with van der Waals surface area (Å²) in [5.74, 6) is -0.338. The molecule has 0 radical (unpaired) electrons. The van der Waals surface area contributed by atoms with E-state index in [0.29, 0.717) is 0 Å². The lowest BCUT2D eigenvalue weighted by Gasteiger charge is -2.20. The number of imidazole rings is 1. The molecule has 1 aliphatic rings. The van der Waals surface area contributed by atoms with Gasteiger partial charge in [-0.3, -0.25) is 18.9 Å². The lowest BCUT2D eigenvalue weighted by molar-refractivity contribution is -0.0503. The third kappa shape index (κ3) is 13.5. The minimum Gasteiger partial charge on any atom is -0.387 e. The molecule has 0 aliphatic carbocycles. The number of rotatable bonds is 12. The van der Waals surface area contributed by atoms with Crippen molar-refractivity contribution in [1.29, 1.82) is 0 Å². The molecule has 29 N–H and O–H groups in total. The smallest absolute Gasteiger partial charge is 0.387 e. The first kappa shape index (κ1) is 51.3. The van der Waals surface area contributed by atoms with Crippen LogP contribution < -0.4 is 48.2 Å². The molecule has 0 amide bonds. The van der Waals surface area contributed by atoms with Gasteiger partial charge >= 0.3 is 39.1 Å². The summed E-state index contributed by atoms with van der Waals surface area (Å²) in [6, 6.07) is 0. The number of H-pyrrole nitrogens is 1. The highest BCUT2D eigenvalue weighted by Gasteiger charge is 2.49. The summed E-state index contributed by atoms with van der Waals surface area (Å²) in [4.78, 5) is 76.0. The Balaban J connectivity index is -0.00000147. The highest BCUT2D eigenvalue weighted by atomic mass is 31.3. The predicted molar refractivity (Wildman–Crippen MR) is 150 cm³/mol. The third-order valence-electron chi connectivity index (χ3n) is 4.29. The Morgan fingerprint density at radius 1 is 0.804 bits per heavy atom. The molecule has 0 saturated carbocycles. The molecule has 1 fully saturated rings. The van der Waals surface area contributed by atoms with Crippen molar-refractivity contribution in [3.63, 3.8) is 0 Å². The number of nitrogens with two attached hydrogens (primary N) is 1. The predicted octanol–water partition coefficient (Wildman–Crippen LogP) is -1.13. The van der Waals surface area contributed by atoms with Crippen molar-refractivity contribution >= 4 is 56.2 Å². The summed E-state index contributed by atoms with van der Waals surface area (Å²) >= 11 is 0. The third-order valence-corrected chi connectivity index (χ3v) is 11.4. The number of nitrogens with one attached hydrogen (secondary N) is 1. The molecule has 276 valence electrons. The second-order valence-corrected chi connectivity index (χ2v) is 14.9. The molecule has 0 aromatic carbocycles. The van der Waals surface area contributed by atoms with Gasteiger partial charge in [0.1, 0.15) is 18.3 Å². The molecule has 1 aliphatic heterocycles. The van der Waals surface area contributed by atoms with Gasteiger partial charge in [-0.05, 0) is 0 Å². The van der Waals surface area contributed by atoms with Crippen LogP contribution in [0.3, 0.4) is 0 Å². The largest absolute Gasteiger partial charge is 0.490 e. The van der Waals surface area contributed by atoms with E-state index in [-0.39, 0.29) is 54.0 Å². The van der Waals surface area contributed by atoms with Crippen LogP contribution in [0, 0.1) is 0 Å². The van der Waals surface area contributed by atoms with Gasteiger partial charge in [0.25, 0.3) is 5.56 Å². The van der Waals surface area contributed by atoms with Crippen LogP contribution in [-0.2, 0) is 49.3 Å². The van der Waals surface area contributed by atoms with Crippen LogP contribution in [0.1, 0.15) is 6.23 Å². The van der Waals surface area contributed by atoms with Crippen LogP contribution in [-0.4, -0.2) is 84.0 Å². The molecule has 3 rings (SSSR count). The number of phosphoric acid groups is 5. The molecule has 0 spiro atoms. The Labute approximate surface area is 255 Å². The van der Waals surface area contributed by atoms with Crippen molar-refractivity contribution in [2.45, 2.75) is 24.5 Å². The second-order valence-electron chi connectivity index (χ2n) is 7.31. The van der Waals surface area contributed by atoms with Crippen molar-refractivity contribution in [1.82, 2.24) is 56.4 Å². The first-order valence-electron chi connectivity index (χ1n) is 9.60. The SMILES string of the molecule is N.N.N.N.N.N.Nc1nc2c(ncn2[C@@H]2O[C@H](COP(=O)(O)OP(=O)(O)OP(=O)(O)OP(=O)(O)OP(=O)(O)O)[C@@H](O)[C@H]2O)c(=O)[nH]1. The van der Waals surface area contributed by atoms with E-state index in [0.717, 1.165) is 10.9 Å². The Bertz CT molecular complexity index is 1580. The molecule has 3 heterocycles. The lowest BCUT2D eigenvalue weighted by Crippen LogP contribution is -2.33. The molecule has 31 nitrogen and oxygen atoms in total. The number of aromatic amines is 1. The van der Waals surface area contributed by atoms with Gasteiger partial charge in [0.2, 0.25) is 5.95 Å². The number of aromatic nitrogens is 4. The van der Waals surface area contributed by atoms with Gasteiger partial charge in [-0.25, -0.2) is 27.8 Å². The van der Waals surface area contributed by atoms with E-state index in [1.165, 1.54) is 0 Å². The zero-order valence-electron chi connectivity index (χ0n) is 23.0. The monoisotopic (exact) mass is 785 g/mol. The summed E-state index contributed by atoms with van der Waals surface area (Å²) in [6.07, 6.45) is -5.91. The van der Waals surface area contributed by atoms with Crippen molar-refractivity contribution < 1.29 is 88.9 Å². The topological polar surface area (TPSA) is 602 Å². The maximum Gasteiger partial charge on any atom is 0.490 e. The fourth-order valence-electron chi connectivity index (χ4n) is 2.99. The summed E-state index contributed by atoms with van der Waals surface area (Å²) in [5.41, 5.74) is 4.29. The molecule has 2 aromatic rings. The average Bonchev–Trinajstić information content (AvgIpc) is 3.23. The van der Waals surface area contributed by atoms with Crippen molar-refractivity contribution in [2.75, 3.05) is 12.3 Å². The molecule has 36 heteroatoms. The summed E-state index contributed by atoms with van der Waals surface area (Å²) < 4.78 is 81.8. The fraction of sp³-hybridized carbons (Fsp3) is 0.500. The van der Waals surface area contributed by atoms with Crippen LogP contribution >= 0.6 is 39.1 Å².